The zero-order chi connectivity index (χ0) is 12.1. The van der Waals surface area contributed by atoms with Gasteiger partial charge in [0.25, 0.3) is 0 Å². The minimum absolute atomic E-state index is 0.0666. The fourth-order valence-corrected chi connectivity index (χ4v) is 2.38. The third-order valence-electron chi connectivity index (χ3n) is 3.48. The highest BCUT2D eigenvalue weighted by atomic mass is 16.2. The molecule has 0 spiro atoms. The lowest BCUT2D eigenvalue weighted by Gasteiger charge is -2.15. The van der Waals surface area contributed by atoms with Crippen LogP contribution < -0.4 is 11.1 Å². The summed E-state index contributed by atoms with van der Waals surface area (Å²) in [5, 5.41) is 2.96. The lowest BCUT2D eigenvalue weighted by molar-refractivity contribution is -0.122. The Morgan fingerprint density at radius 2 is 1.94 bits per heavy atom. The summed E-state index contributed by atoms with van der Waals surface area (Å²) >= 11 is 0. The summed E-state index contributed by atoms with van der Waals surface area (Å²) < 4.78 is 0. The summed E-state index contributed by atoms with van der Waals surface area (Å²) in [4.78, 5) is 11.9. The molecule has 0 aliphatic heterocycles. The van der Waals surface area contributed by atoms with E-state index in [1.165, 1.54) is 25.7 Å². The highest BCUT2D eigenvalue weighted by molar-refractivity contribution is 5.82. The van der Waals surface area contributed by atoms with Crippen molar-refractivity contribution in [2.45, 2.75) is 31.7 Å². The molecule has 1 aromatic carbocycles. The average molecular weight is 232 g/mol. The number of carbonyl (C=O) groups excluding carboxylic acids is 1. The summed E-state index contributed by atoms with van der Waals surface area (Å²) in [7, 11) is 0. The zero-order valence-corrected chi connectivity index (χ0v) is 10.1. The molecule has 1 fully saturated rings. The van der Waals surface area contributed by atoms with Crippen LogP contribution in [-0.4, -0.2) is 12.5 Å². The van der Waals surface area contributed by atoms with Crippen molar-refractivity contribution < 1.29 is 4.79 Å². The standard InChI is InChI=1S/C14H20N2O/c15-13(12-8-2-1-3-9-12)14(17)16-10-11-6-4-5-7-11/h1-3,8-9,11,13H,4-7,10,15H2,(H,16,17). The second-order valence-electron chi connectivity index (χ2n) is 4.78. The van der Waals surface area contributed by atoms with Crippen LogP contribution in [0.3, 0.4) is 0 Å². The first-order chi connectivity index (χ1) is 8.27. The van der Waals surface area contributed by atoms with Crippen LogP contribution in [0.2, 0.25) is 0 Å². The Hall–Kier alpha value is -1.35. The Labute approximate surface area is 102 Å². The maximum atomic E-state index is 11.9. The SMILES string of the molecule is NC(C(=O)NCC1CCCC1)c1ccccc1. The first-order valence-corrected chi connectivity index (χ1v) is 6.35. The molecule has 17 heavy (non-hydrogen) atoms. The molecule has 0 radical (unpaired) electrons. The summed E-state index contributed by atoms with van der Waals surface area (Å²) in [6, 6.07) is 8.96. The molecule has 1 aromatic rings. The van der Waals surface area contributed by atoms with Gasteiger partial charge >= 0.3 is 0 Å². The minimum Gasteiger partial charge on any atom is -0.354 e. The quantitative estimate of drug-likeness (QED) is 0.834. The topological polar surface area (TPSA) is 55.1 Å². The smallest absolute Gasteiger partial charge is 0.241 e. The molecule has 1 saturated carbocycles. The summed E-state index contributed by atoms with van der Waals surface area (Å²) in [6.07, 6.45) is 5.07. The highest BCUT2D eigenvalue weighted by Crippen LogP contribution is 2.23. The zero-order valence-electron chi connectivity index (χ0n) is 10.1. The Balaban J connectivity index is 1.83. The molecule has 0 aromatic heterocycles. The van der Waals surface area contributed by atoms with E-state index in [1.54, 1.807) is 0 Å². The van der Waals surface area contributed by atoms with Crippen molar-refractivity contribution in [3.8, 4) is 0 Å². The van der Waals surface area contributed by atoms with Crippen LogP contribution in [0, 0.1) is 5.92 Å². The van der Waals surface area contributed by atoms with Crippen LogP contribution in [0.4, 0.5) is 0 Å². The normalized spacial score (nSPS) is 17.9. The predicted octanol–water partition coefficient (Wildman–Crippen LogP) is 1.99. The summed E-state index contributed by atoms with van der Waals surface area (Å²) in [5.74, 6) is 0.588. The average Bonchev–Trinajstić information content (AvgIpc) is 2.89. The van der Waals surface area contributed by atoms with Gasteiger partial charge in [-0.1, -0.05) is 43.2 Å². The molecule has 3 heteroatoms. The van der Waals surface area contributed by atoms with Crippen molar-refractivity contribution in [2.24, 2.45) is 11.7 Å². The van der Waals surface area contributed by atoms with E-state index in [0.29, 0.717) is 5.92 Å². The number of rotatable bonds is 4. The van der Waals surface area contributed by atoms with E-state index in [-0.39, 0.29) is 5.91 Å². The van der Waals surface area contributed by atoms with Gasteiger partial charge < -0.3 is 11.1 Å². The van der Waals surface area contributed by atoms with Crippen LogP contribution in [0.25, 0.3) is 0 Å². The van der Waals surface area contributed by atoms with Crippen LogP contribution in [0.15, 0.2) is 30.3 Å². The van der Waals surface area contributed by atoms with Crippen molar-refractivity contribution in [3.05, 3.63) is 35.9 Å². The van der Waals surface area contributed by atoms with Gasteiger partial charge in [0.15, 0.2) is 0 Å². The minimum atomic E-state index is -0.544. The summed E-state index contributed by atoms with van der Waals surface area (Å²) in [5.41, 5.74) is 6.78. The van der Waals surface area contributed by atoms with E-state index in [1.807, 2.05) is 30.3 Å². The molecule has 1 amide bonds. The van der Waals surface area contributed by atoms with Crippen LogP contribution in [0.5, 0.6) is 0 Å². The van der Waals surface area contributed by atoms with Gasteiger partial charge in [-0.15, -0.1) is 0 Å². The van der Waals surface area contributed by atoms with Crippen molar-refractivity contribution in [3.63, 3.8) is 0 Å². The van der Waals surface area contributed by atoms with Crippen molar-refractivity contribution >= 4 is 5.91 Å². The first-order valence-electron chi connectivity index (χ1n) is 6.35. The Morgan fingerprint density at radius 1 is 1.29 bits per heavy atom. The molecule has 2 rings (SSSR count). The van der Waals surface area contributed by atoms with Gasteiger partial charge in [0.05, 0.1) is 0 Å². The van der Waals surface area contributed by atoms with Crippen molar-refractivity contribution in [1.29, 1.82) is 0 Å². The monoisotopic (exact) mass is 232 g/mol. The Kier molecular flexibility index (Phi) is 4.15. The van der Waals surface area contributed by atoms with E-state index >= 15 is 0 Å². The molecule has 3 nitrogen and oxygen atoms in total. The van der Waals surface area contributed by atoms with E-state index in [0.717, 1.165) is 12.1 Å². The third-order valence-corrected chi connectivity index (χ3v) is 3.48. The number of amides is 1. The fraction of sp³-hybridized carbons (Fsp3) is 0.500. The third kappa shape index (κ3) is 3.30. The van der Waals surface area contributed by atoms with Gasteiger partial charge in [-0.25, -0.2) is 0 Å². The molecule has 1 aliphatic carbocycles. The lowest BCUT2D eigenvalue weighted by Crippen LogP contribution is -2.36. The first kappa shape index (κ1) is 12.1. The van der Waals surface area contributed by atoms with Gasteiger partial charge in [0.1, 0.15) is 6.04 Å². The molecule has 1 aliphatic rings. The fourth-order valence-electron chi connectivity index (χ4n) is 2.38. The second kappa shape index (κ2) is 5.82. The maximum Gasteiger partial charge on any atom is 0.241 e. The number of carbonyl (C=O) groups is 1. The Bertz CT molecular complexity index is 358. The van der Waals surface area contributed by atoms with Gasteiger partial charge in [0.2, 0.25) is 5.91 Å². The van der Waals surface area contributed by atoms with E-state index < -0.39 is 6.04 Å². The van der Waals surface area contributed by atoms with Gasteiger partial charge in [0, 0.05) is 6.54 Å². The number of nitrogens with two attached hydrogens (primary N) is 1. The molecule has 0 heterocycles. The van der Waals surface area contributed by atoms with Gasteiger partial charge in [-0.2, -0.15) is 0 Å². The molecule has 1 atom stereocenters. The molecule has 1 unspecified atom stereocenters. The van der Waals surface area contributed by atoms with Crippen molar-refractivity contribution in [1.82, 2.24) is 5.32 Å². The summed E-state index contributed by atoms with van der Waals surface area (Å²) in [6.45, 7) is 0.777. The predicted molar refractivity (Wildman–Crippen MR) is 68.3 cm³/mol. The van der Waals surface area contributed by atoms with E-state index in [4.69, 9.17) is 5.73 Å². The van der Waals surface area contributed by atoms with Crippen LogP contribution in [-0.2, 0) is 4.79 Å². The largest absolute Gasteiger partial charge is 0.354 e. The van der Waals surface area contributed by atoms with Crippen LogP contribution >= 0.6 is 0 Å². The molecular weight excluding hydrogens is 212 g/mol. The van der Waals surface area contributed by atoms with Gasteiger partial charge in [-0.3, -0.25) is 4.79 Å². The number of hydrogen-bond acceptors (Lipinski definition) is 2. The van der Waals surface area contributed by atoms with E-state index in [2.05, 4.69) is 5.32 Å². The number of hydrogen-bond donors (Lipinski definition) is 2. The Morgan fingerprint density at radius 3 is 2.59 bits per heavy atom. The molecule has 0 bridgehead atoms. The highest BCUT2D eigenvalue weighted by Gasteiger charge is 2.19. The van der Waals surface area contributed by atoms with E-state index in [9.17, 15) is 4.79 Å². The van der Waals surface area contributed by atoms with Gasteiger partial charge in [-0.05, 0) is 24.3 Å². The maximum absolute atomic E-state index is 11.9. The molecule has 0 saturated heterocycles. The molecule has 92 valence electrons. The lowest BCUT2D eigenvalue weighted by atomic mass is 10.1. The number of benzene rings is 1. The van der Waals surface area contributed by atoms with Crippen LogP contribution in [0.1, 0.15) is 37.3 Å². The number of nitrogens with one attached hydrogen (secondary N) is 1. The molecule has 3 N–H and O–H groups in total. The second-order valence-corrected chi connectivity index (χ2v) is 4.78. The van der Waals surface area contributed by atoms with Crippen molar-refractivity contribution in [2.75, 3.05) is 6.54 Å². The molecular formula is C14H20N2O.